The van der Waals surface area contributed by atoms with Crippen molar-refractivity contribution in [3.63, 3.8) is 0 Å². The van der Waals surface area contributed by atoms with Gasteiger partial charge < -0.3 is 15.5 Å². The highest BCUT2D eigenvalue weighted by Gasteiger charge is 2.12. The smallest absolute Gasteiger partial charge is 0.276 e. The van der Waals surface area contributed by atoms with E-state index in [1.807, 2.05) is 6.92 Å². The van der Waals surface area contributed by atoms with Gasteiger partial charge in [-0.05, 0) is 13.3 Å². The number of aromatic nitrogens is 1. The number of rotatable bonds is 7. The first-order valence-corrected chi connectivity index (χ1v) is 5.45. The van der Waals surface area contributed by atoms with Gasteiger partial charge in [0, 0.05) is 19.8 Å². The molecule has 0 aromatic carbocycles. The van der Waals surface area contributed by atoms with E-state index in [1.54, 1.807) is 7.11 Å². The van der Waals surface area contributed by atoms with Crippen molar-refractivity contribution in [1.82, 2.24) is 4.98 Å². The van der Waals surface area contributed by atoms with Crippen LogP contribution in [-0.4, -0.2) is 29.7 Å². The molecule has 0 aliphatic rings. The number of anilines is 2. The minimum absolute atomic E-state index is 0.0700. The summed E-state index contributed by atoms with van der Waals surface area (Å²) < 4.78 is 4.96. The molecule has 0 saturated heterocycles. The van der Waals surface area contributed by atoms with Crippen molar-refractivity contribution < 1.29 is 9.66 Å². The molecule has 1 aromatic rings. The van der Waals surface area contributed by atoms with Crippen molar-refractivity contribution in [2.75, 3.05) is 24.5 Å². The number of ether oxygens (including phenoxy) is 1. The maximum Gasteiger partial charge on any atom is 0.276 e. The fraction of sp³-hybridized carbons (Fsp3) is 0.500. The Bertz CT molecular complexity index is 412. The number of hydrazine groups is 1. The van der Waals surface area contributed by atoms with Gasteiger partial charge in [-0.15, -0.1) is 0 Å². The first kappa shape index (κ1) is 14.1. The topological polar surface area (TPSA) is 115 Å². The van der Waals surface area contributed by atoms with Crippen molar-refractivity contribution >= 4 is 17.3 Å². The lowest BCUT2D eigenvalue weighted by Gasteiger charge is -2.14. The molecule has 0 fully saturated rings. The van der Waals surface area contributed by atoms with Gasteiger partial charge in [0.05, 0.1) is 17.1 Å². The van der Waals surface area contributed by atoms with Gasteiger partial charge in [0.1, 0.15) is 11.6 Å². The van der Waals surface area contributed by atoms with Crippen LogP contribution in [-0.2, 0) is 4.74 Å². The Hall–Kier alpha value is -1.93. The molecule has 1 unspecified atom stereocenters. The van der Waals surface area contributed by atoms with E-state index in [4.69, 9.17) is 10.6 Å². The standard InChI is InChI=1S/C10H17N5O3/c1-7(3-4-18-2)12-9-5-8(15(16)17)6-10(13-9)14-11/h5-7H,3-4,11H2,1-2H3,(H2,12,13,14). The maximum atomic E-state index is 10.7. The predicted molar refractivity (Wildman–Crippen MR) is 68.3 cm³/mol. The van der Waals surface area contributed by atoms with E-state index < -0.39 is 4.92 Å². The maximum absolute atomic E-state index is 10.7. The molecule has 18 heavy (non-hydrogen) atoms. The largest absolute Gasteiger partial charge is 0.385 e. The molecule has 0 spiro atoms. The SMILES string of the molecule is COCCC(C)Nc1cc([N+](=O)[O-])cc(NN)n1. The number of nitrogen functional groups attached to an aromatic ring is 1. The summed E-state index contributed by atoms with van der Waals surface area (Å²) in [4.78, 5) is 14.3. The second-order valence-corrected chi connectivity index (χ2v) is 3.82. The number of hydrogen-bond acceptors (Lipinski definition) is 7. The summed E-state index contributed by atoms with van der Waals surface area (Å²) in [7, 11) is 1.62. The summed E-state index contributed by atoms with van der Waals surface area (Å²) in [6.45, 7) is 2.54. The first-order chi connectivity index (χ1) is 8.56. The number of nitrogens with two attached hydrogens (primary N) is 1. The van der Waals surface area contributed by atoms with Crippen molar-refractivity contribution in [2.45, 2.75) is 19.4 Å². The van der Waals surface area contributed by atoms with E-state index in [9.17, 15) is 10.1 Å². The highest BCUT2D eigenvalue weighted by atomic mass is 16.6. The second kappa shape index (κ2) is 6.72. The van der Waals surface area contributed by atoms with E-state index in [1.165, 1.54) is 12.1 Å². The number of pyridine rings is 1. The number of nitro groups is 1. The van der Waals surface area contributed by atoms with E-state index in [-0.39, 0.29) is 17.5 Å². The fourth-order valence-corrected chi connectivity index (χ4v) is 1.39. The molecule has 0 bridgehead atoms. The lowest BCUT2D eigenvalue weighted by Crippen LogP contribution is -2.19. The third-order valence-electron chi connectivity index (χ3n) is 2.32. The van der Waals surface area contributed by atoms with Crippen molar-refractivity contribution in [3.8, 4) is 0 Å². The quantitative estimate of drug-likeness (QED) is 0.379. The fourth-order valence-electron chi connectivity index (χ4n) is 1.39. The van der Waals surface area contributed by atoms with Crippen LogP contribution in [0.5, 0.6) is 0 Å². The number of nitrogens with one attached hydrogen (secondary N) is 2. The molecule has 8 heteroatoms. The zero-order valence-electron chi connectivity index (χ0n) is 10.3. The van der Waals surface area contributed by atoms with Crippen LogP contribution in [0.25, 0.3) is 0 Å². The molecule has 1 aromatic heterocycles. The molecule has 4 N–H and O–H groups in total. The summed E-state index contributed by atoms with van der Waals surface area (Å²) in [5.74, 6) is 5.86. The molecular formula is C10H17N5O3. The van der Waals surface area contributed by atoms with Crippen LogP contribution in [0.4, 0.5) is 17.3 Å². The molecule has 100 valence electrons. The van der Waals surface area contributed by atoms with Crippen molar-refractivity contribution in [1.29, 1.82) is 0 Å². The van der Waals surface area contributed by atoms with E-state index >= 15 is 0 Å². The van der Waals surface area contributed by atoms with Gasteiger partial charge in [-0.25, -0.2) is 10.8 Å². The van der Waals surface area contributed by atoms with Crippen LogP contribution in [0.1, 0.15) is 13.3 Å². The van der Waals surface area contributed by atoms with E-state index in [2.05, 4.69) is 15.7 Å². The summed E-state index contributed by atoms with van der Waals surface area (Å²) >= 11 is 0. The average Bonchev–Trinajstić information content (AvgIpc) is 2.35. The van der Waals surface area contributed by atoms with Gasteiger partial charge in [0.15, 0.2) is 0 Å². The van der Waals surface area contributed by atoms with Crippen LogP contribution in [0.2, 0.25) is 0 Å². The number of methoxy groups -OCH3 is 1. The van der Waals surface area contributed by atoms with E-state index in [0.717, 1.165) is 6.42 Å². The van der Waals surface area contributed by atoms with Crippen LogP contribution in [0, 0.1) is 10.1 Å². The molecule has 0 amide bonds. The third kappa shape index (κ3) is 4.15. The van der Waals surface area contributed by atoms with Crippen LogP contribution in [0.15, 0.2) is 12.1 Å². The van der Waals surface area contributed by atoms with Gasteiger partial charge in [-0.2, -0.15) is 0 Å². The first-order valence-electron chi connectivity index (χ1n) is 5.45. The van der Waals surface area contributed by atoms with Gasteiger partial charge in [0.25, 0.3) is 5.69 Å². The van der Waals surface area contributed by atoms with Crippen LogP contribution >= 0.6 is 0 Å². The molecule has 1 rings (SSSR count). The Balaban J connectivity index is 2.81. The zero-order chi connectivity index (χ0) is 13.5. The number of nitrogens with zero attached hydrogens (tertiary/aromatic N) is 2. The molecule has 0 saturated carbocycles. The second-order valence-electron chi connectivity index (χ2n) is 3.82. The van der Waals surface area contributed by atoms with Gasteiger partial charge >= 0.3 is 0 Å². The van der Waals surface area contributed by atoms with Gasteiger partial charge in [0.2, 0.25) is 0 Å². The lowest BCUT2D eigenvalue weighted by atomic mass is 10.2. The van der Waals surface area contributed by atoms with E-state index in [0.29, 0.717) is 12.4 Å². The van der Waals surface area contributed by atoms with Crippen LogP contribution < -0.4 is 16.6 Å². The third-order valence-corrected chi connectivity index (χ3v) is 2.32. The van der Waals surface area contributed by atoms with Crippen molar-refractivity contribution in [3.05, 3.63) is 22.2 Å². The highest BCUT2D eigenvalue weighted by molar-refractivity contribution is 5.54. The highest BCUT2D eigenvalue weighted by Crippen LogP contribution is 2.20. The summed E-state index contributed by atoms with van der Waals surface area (Å²) in [6, 6.07) is 2.72. The number of hydrogen-bond donors (Lipinski definition) is 3. The molecule has 8 nitrogen and oxygen atoms in total. The minimum atomic E-state index is -0.493. The zero-order valence-corrected chi connectivity index (χ0v) is 10.3. The Kier molecular flexibility index (Phi) is 5.28. The minimum Gasteiger partial charge on any atom is -0.385 e. The molecule has 1 atom stereocenters. The predicted octanol–water partition coefficient (Wildman–Crippen LogP) is 1.11. The van der Waals surface area contributed by atoms with Gasteiger partial charge in [-0.1, -0.05) is 0 Å². The summed E-state index contributed by atoms with van der Waals surface area (Å²) in [6.07, 6.45) is 0.770. The molecule has 0 aliphatic carbocycles. The molecule has 1 heterocycles. The molecule has 0 aliphatic heterocycles. The Morgan fingerprint density at radius 3 is 2.78 bits per heavy atom. The summed E-state index contributed by atoms with van der Waals surface area (Å²) in [5, 5.41) is 13.8. The van der Waals surface area contributed by atoms with Crippen molar-refractivity contribution in [2.24, 2.45) is 5.84 Å². The summed E-state index contributed by atoms with van der Waals surface area (Å²) in [5.41, 5.74) is 2.23. The Morgan fingerprint density at radius 1 is 1.56 bits per heavy atom. The Labute approximate surface area is 105 Å². The monoisotopic (exact) mass is 255 g/mol. The lowest BCUT2D eigenvalue weighted by molar-refractivity contribution is -0.384. The Morgan fingerprint density at radius 2 is 2.22 bits per heavy atom. The van der Waals surface area contributed by atoms with Gasteiger partial charge in [-0.3, -0.25) is 10.1 Å². The molecule has 0 radical (unpaired) electrons. The normalized spacial score (nSPS) is 11.9. The average molecular weight is 255 g/mol. The molecular weight excluding hydrogens is 238 g/mol. The van der Waals surface area contributed by atoms with Crippen LogP contribution in [0.3, 0.4) is 0 Å².